The van der Waals surface area contributed by atoms with Gasteiger partial charge in [0.15, 0.2) is 0 Å². The van der Waals surface area contributed by atoms with Gasteiger partial charge >= 0.3 is 0 Å². The Hall–Kier alpha value is -2.18. The Kier molecular flexibility index (Phi) is 4.16. The van der Waals surface area contributed by atoms with Crippen molar-refractivity contribution in [3.8, 4) is 0 Å². The zero-order valence-corrected chi connectivity index (χ0v) is 11.2. The van der Waals surface area contributed by atoms with Gasteiger partial charge in [-0.2, -0.15) is 0 Å². The molecule has 2 N–H and O–H groups in total. The number of H-pyrrole nitrogens is 1. The van der Waals surface area contributed by atoms with Crippen molar-refractivity contribution in [2.45, 2.75) is 38.6 Å². The number of aromatic amines is 1. The highest BCUT2D eigenvalue weighted by Crippen LogP contribution is 2.23. The van der Waals surface area contributed by atoms with Crippen molar-refractivity contribution < 1.29 is 9.72 Å². The Balaban J connectivity index is 2.14. The van der Waals surface area contributed by atoms with Gasteiger partial charge in [-0.25, -0.2) is 0 Å². The van der Waals surface area contributed by atoms with Crippen LogP contribution in [0.4, 0.5) is 5.69 Å². The highest BCUT2D eigenvalue weighted by molar-refractivity contribution is 5.94. The van der Waals surface area contributed by atoms with E-state index in [1.54, 1.807) is 0 Å². The predicted octanol–water partition coefficient (Wildman–Crippen LogP) is 1.59. The molecular weight excluding hydrogens is 262 g/mol. The van der Waals surface area contributed by atoms with Crippen molar-refractivity contribution in [2.24, 2.45) is 5.92 Å². The third-order valence-corrected chi connectivity index (χ3v) is 3.62. The lowest BCUT2D eigenvalue weighted by atomic mass is 9.87. The maximum absolute atomic E-state index is 12.1. The molecule has 1 aliphatic carbocycles. The number of carbonyl (C=O) groups excluding carboxylic acids is 1. The molecule has 7 nitrogen and oxygen atoms in total. The van der Waals surface area contributed by atoms with Crippen LogP contribution >= 0.6 is 0 Å². The molecule has 0 saturated heterocycles. The Bertz CT molecular complexity index is 581. The monoisotopic (exact) mass is 279 g/mol. The van der Waals surface area contributed by atoms with Crippen LogP contribution in [0, 0.1) is 16.0 Å². The van der Waals surface area contributed by atoms with E-state index in [-0.39, 0.29) is 17.3 Å². The number of pyridine rings is 1. The normalized spacial score (nSPS) is 22.2. The van der Waals surface area contributed by atoms with Crippen molar-refractivity contribution in [3.63, 3.8) is 0 Å². The van der Waals surface area contributed by atoms with Gasteiger partial charge in [-0.1, -0.05) is 19.8 Å². The highest BCUT2D eigenvalue weighted by Gasteiger charge is 2.23. The molecule has 1 fully saturated rings. The van der Waals surface area contributed by atoms with Crippen molar-refractivity contribution >= 4 is 11.6 Å². The molecular formula is C13H17N3O4. The second-order valence-electron chi connectivity index (χ2n) is 5.30. The number of aromatic nitrogens is 1. The van der Waals surface area contributed by atoms with Crippen LogP contribution in [0.25, 0.3) is 0 Å². The molecule has 2 atom stereocenters. The van der Waals surface area contributed by atoms with Crippen LogP contribution < -0.4 is 10.9 Å². The van der Waals surface area contributed by atoms with E-state index in [1.165, 1.54) is 0 Å². The van der Waals surface area contributed by atoms with E-state index in [0.717, 1.165) is 37.9 Å². The van der Waals surface area contributed by atoms with Crippen LogP contribution in [0.3, 0.4) is 0 Å². The molecule has 0 unspecified atom stereocenters. The number of amides is 1. The molecule has 1 heterocycles. The van der Waals surface area contributed by atoms with E-state index in [0.29, 0.717) is 5.92 Å². The van der Waals surface area contributed by atoms with Crippen LogP contribution in [0.5, 0.6) is 0 Å². The summed E-state index contributed by atoms with van der Waals surface area (Å²) in [6, 6.07) is 1.05. The van der Waals surface area contributed by atoms with E-state index in [9.17, 15) is 19.7 Å². The molecule has 0 bridgehead atoms. The summed E-state index contributed by atoms with van der Waals surface area (Å²) in [5.74, 6) is -0.00788. The summed E-state index contributed by atoms with van der Waals surface area (Å²) in [7, 11) is 0. The van der Waals surface area contributed by atoms with E-state index < -0.39 is 16.4 Å². The number of nitrogens with zero attached hydrogens (tertiary/aromatic N) is 1. The molecule has 1 aliphatic rings. The molecule has 2 rings (SSSR count). The van der Waals surface area contributed by atoms with Crippen molar-refractivity contribution in [1.82, 2.24) is 10.3 Å². The number of nitro groups is 1. The fourth-order valence-corrected chi connectivity index (χ4v) is 2.57. The van der Waals surface area contributed by atoms with Crippen LogP contribution in [0.1, 0.15) is 43.0 Å². The lowest BCUT2D eigenvalue weighted by Gasteiger charge is -2.27. The molecule has 0 aliphatic heterocycles. The summed E-state index contributed by atoms with van der Waals surface area (Å²) in [6.45, 7) is 2.12. The van der Waals surface area contributed by atoms with Gasteiger partial charge in [0, 0.05) is 12.1 Å². The van der Waals surface area contributed by atoms with Crippen LogP contribution in [0.15, 0.2) is 17.1 Å². The Morgan fingerprint density at radius 1 is 1.50 bits per heavy atom. The molecule has 1 aromatic rings. The minimum absolute atomic E-state index is 0.0323. The summed E-state index contributed by atoms with van der Waals surface area (Å²) in [4.78, 5) is 35.9. The van der Waals surface area contributed by atoms with Gasteiger partial charge in [-0.05, 0) is 18.8 Å². The Labute approximate surface area is 115 Å². The van der Waals surface area contributed by atoms with E-state index in [4.69, 9.17) is 0 Å². The van der Waals surface area contributed by atoms with Crippen LogP contribution in [-0.4, -0.2) is 21.9 Å². The van der Waals surface area contributed by atoms with Gasteiger partial charge in [0.25, 0.3) is 17.2 Å². The van der Waals surface area contributed by atoms with Gasteiger partial charge in [0.2, 0.25) is 0 Å². The summed E-state index contributed by atoms with van der Waals surface area (Å²) < 4.78 is 0. The quantitative estimate of drug-likeness (QED) is 0.647. The lowest BCUT2D eigenvalue weighted by Crippen LogP contribution is -2.40. The van der Waals surface area contributed by atoms with E-state index >= 15 is 0 Å². The van der Waals surface area contributed by atoms with E-state index in [2.05, 4.69) is 17.2 Å². The number of hydrogen-bond donors (Lipinski definition) is 2. The topological polar surface area (TPSA) is 105 Å². The average Bonchev–Trinajstić information content (AvgIpc) is 2.38. The first kappa shape index (κ1) is 14.2. The van der Waals surface area contributed by atoms with Gasteiger partial charge in [0.05, 0.1) is 11.1 Å². The summed E-state index contributed by atoms with van der Waals surface area (Å²) in [6.07, 6.45) is 4.92. The summed E-state index contributed by atoms with van der Waals surface area (Å²) >= 11 is 0. The van der Waals surface area contributed by atoms with Crippen molar-refractivity contribution in [3.05, 3.63) is 38.3 Å². The van der Waals surface area contributed by atoms with Crippen LogP contribution in [-0.2, 0) is 0 Å². The van der Waals surface area contributed by atoms with Crippen LogP contribution in [0.2, 0.25) is 0 Å². The Morgan fingerprint density at radius 2 is 2.25 bits per heavy atom. The Morgan fingerprint density at radius 3 is 2.90 bits per heavy atom. The molecule has 1 saturated carbocycles. The van der Waals surface area contributed by atoms with Gasteiger partial charge < -0.3 is 10.3 Å². The number of hydrogen-bond acceptors (Lipinski definition) is 4. The average molecular weight is 279 g/mol. The first-order valence-electron chi connectivity index (χ1n) is 6.65. The number of rotatable bonds is 3. The molecule has 1 aromatic heterocycles. The van der Waals surface area contributed by atoms with Crippen molar-refractivity contribution in [1.29, 1.82) is 0 Å². The SMILES string of the molecule is C[C@@H]1CCC[C@@H](NC(=O)c2cc([N+](=O)[O-])c[nH]c2=O)C1. The smallest absolute Gasteiger partial charge is 0.286 e. The van der Waals surface area contributed by atoms with Gasteiger partial charge in [-0.3, -0.25) is 19.7 Å². The minimum atomic E-state index is -0.643. The molecule has 7 heteroatoms. The zero-order chi connectivity index (χ0) is 14.7. The standard InChI is InChI=1S/C13H17N3O4/c1-8-3-2-4-9(5-8)15-13(18)11-6-10(16(19)20)7-14-12(11)17/h6-9H,2-5H2,1H3,(H,14,17)(H,15,18)/t8-,9-/m1/s1. The second kappa shape index (κ2) is 5.85. The largest absolute Gasteiger partial charge is 0.349 e. The third-order valence-electron chi connectivity index (χ3n) is 3.62. The van der Waals surface area contributed by atoms with Gasteiger partial charge in [-0.15, -0.1) is 0 Å². The first-order valence-corrected chi connectivity index (χ1v) is 6.65. The molecule has 0 spiro atoms. The predicted molar refractivity (Wildman–Crippen MR) is 72.6 cm³/mol. The molecule has 108 valence electrons. The molecule has 20 heavy (non-hydrogen) atoms. The number of nitrogens with one attached hydrogen (secondary N) is 2. The molecule has 1 amide bonds. The maximum atomic E-state index is 12.1. The molecule has 0 aromatic carbocycles. The van der Waals surface area contributed by atoms with Gasteiger partial charge in [0.1, 0.15) is 5.56 Å². The maximum Gasteiger partial charge on any atom is 0.286 e. The zero-order valence-electron chi connectivity index (χ0n) is 11.2. The highest BCUT2D eigenvalue weighted by atomic mass is 16.6. The molecule has 0 radical (unpaired) electrons. The van der Waals surface area contributed by atoms with E-state index in [1.807, 2.05) is 0 Å². The fraction of sp³-hybridized carbons (Fsp3) is 0.538. The third kappa shape index (κ3) is 3.23. The minimum Gasteiger partial charge on any atom is -0.349 e. The summed E-state index contributed by atoms with van der Waals surface area (Å²) in [5.41, 5.74) is -1.12. The number of carbonyl (C=O) groups is 1. The summed E-state index contributed by atoms with van der Waals surface area (Å²) in [5, 5.41) is 13.5. The van der Waals surface area contributed by atoms with Crippen molar-refractivity contribution in [2.75, 3.05) is 0 Å². The second-order valence-corrected chi connectivity index (χ2v) is 5.30. The fourth-order valence-electron chi connectivity index (χ4n) is 2.57. The lowest BCUT2D eigenvalue weighted by molar-refractivity contribution is -0.385. The first-order chi connectivity index (χ1) is 9.47.